The first-order valence-corrected chi connectivity index (χ1v) is 5.72. The van der Waals surface area contributed by atoms with E-state index < -0.39 is 23.7 Å². The third-order valence-electron chi connectivity index (χ3n) is 2.61. The standard InChI is InChI=1S/C14H10F4O3/c1-20-13-6-8(2-3-12(13)15)9-4-10(19)7-11(5-9)21-14(16,17)18/h2-7,19H,1H3. The molecule has 0 saturated carbocycles. The van der Waals surface area contributed by atoms with E-state index in [2.05, 4.69) is 4.74 Å². The summed E-state index contributed by atoms with van der Waals surface area (Å²) >= 11 is 0. The van der Waals surface area contributed by atoms with Gasteiger partial charge in [0.1, 0.15) is 11.5 Å². The summed E-state index contributed by atoms with van der Waals surface area (Å²) in [5, 5.41) is 9.48. The van der Waals surface area contributed by atoms with Crippen LogP contribution >= 0.6 is 0 Å². The van der Waals surface area contributed by atoms with Crippen molar-refractivity contribution in [3.8, 4) is 28.4 Å². The highest BCUT2D eigenvalue weighted by molar-refractivity contribution is 5.68. The van der Waals surface area contributed by atoms with E-state index in [1.54, 1.807) is 0 Å². The van der Waals surface area contributed by atoms with Crippen LogP contribution in [0.2, 0.25) is 0 Å². The number of phenols is 1. The van der Waals surface area contributed by atoms with Crippen LogP contribution in [0.15, 0.2) is 36.4 Å². The molecule has 0 atom stereocenters. The fourth-order valence-corrected chi connectivity index (χ4v) is 1.78. The molecule has 0 aliphatic carbocycles. The molecule has 0 radical (unpaired) electrons. The summed E-state index contributed by atoms with van der Waals surface area (Å²) in [6, 6.07) is 6.92. The first-order chi connectivity index (χ1) is 9.78. The number of benzene rings is 2. The highest BCUT2D eigenvalue weighted by Crippen LogP contribution is 2.34. The predicted molar refractivity (Wildman–Crippen MR) is 66.7 cm³/mol. The molecule has 2 aromatic carbocycles. The van der Waals surface area contributed by atoms with E-state index in [-0.39, 0.29) is 11.3 Å². The molecule has 0 bridgehead atoms. The molecule has 0 amide bonds. The van der Waals surface area contributed by atoms with Crippen molar-refractivity contribution >= 4 is 0 Å². The van der Waals surface area contributed by atoms with Crippen LogP contribution in [-0.2, 0) is 0 Å². The van der Waals surface area contributed by atoms with Gasteiger partial charge in [-0.25, -0.2) is 4.39 Å². The van der Waals surface area contributed by atoms with Gasteiger partial charge in [0.25, 0.3) is 0 Å². The Morgan fingerprint density at radius 1 is 1.00 bits per heavy atom. The van der Waals surface area contributed by atoms with Crippen molar-refractivity contribution in [3.63, 3.8) is 0 Å². The second-order valence-electron chi connectivity index (χ2n) is 4.11. The summed E-state index contributed by atoms with van der Waals surface area (Å²) < 4.78 is 58.5. The number of methoxy groups -OCH3 is 1. The van der Waals surface area contributed by atoms with Crippen LogP contribution in [0.5, 0.6) is 17.2 Å². The fraction of sp³-hybridized carbons (Fsp3) is 0.143. The van der Waals surface area contributed by atoms with E-state index in [0.29, 0.717) is 5.56 Å². The molecule has 0 fully saturated rings. The van der Waals surface area contributed by atoms with Crippen molar-refractivity contribution in [2.24, 2.45) is 0 Å². The number of phenolic OH excluding ortho intramolecular Hbond substituents is 1. The molecule has 0 aliphatic rings. The van der Waals surface area contributed by atoms with Crippen molar-refractivity contribution in [1.82, 2.24) is 0 Å². The maximum Gasteiger partial charge on any atom is 0.573 e. The van der Waals surface area contributed by atoms with Gasteiger partial charge in [-0.05, 0) is 35.4 Å². The molecule has 2 aromatic rings. The first kappa shape index (κ1) is 15.0. The lowest BCUT2D eigenvalue weighted by Gasteiger charge is -2.11. The molecule has 2 rings (SSSR count). The van der Waals surface area contributed by atoms with Gasteiger partial charge in [-0.1, -0.05) is 6.07 Å². The van der Waals surface area contributed by atoms with E-state index >= 15 is 0 Å². The second-order valence-corrected chi connectivity index (χ2v) is 4.11. The van der Waals surface area contributed by atoms with Crippen LogP contribution in [0.25, 0.3) is 11.1 Å². The zero-order chi connectivity index (χ0) is 15.6. The highest BCUT2D eigenvalue weighted by Gasteiger charge is 2.31. The molecular weight excluding hydrogens is 292 g/mol. The monoisotopic (exact) mass is 302 g/mol. The lowest BCUT2D eigenvalue weighted by molar-refractivity contribution is -0.274. The smallest absolute Gasteiger partial charge is 0.508 e. The quantitative estimate of drug-likeness (QED) is 0.867. The van der Waals surface area contributed by atoms with Gasteiger partial charge in [0.2, 0.25) is 0 Å². The predicted octanol–water partition coefficient (Wildman–Crippen LogP) is 4.11. The van der Waals surface area contributed by atoms with Crippen LogP contribution < -0.4 is 9.47 Å². The van der Waals surface area contributed by atoms with Crippen LogP contribution in [0.1, 0.15) is 0 Å². The third-order valence-corrected chi connectivity index (χ3v) is 2.61. The Morgan fingerprint density at radius 2 is 1.71 bits per heavy atom. The molecule has 7 heteroatoms. The van der Waals surface area contributed by atoms with E-state index in [0.717, 1.165) is 18.2 Å². The minimum atomic E-state index is -4.87. The van der Waals surface area contributed by atoms with Gasteiger partial charge >= 0.3 is 6.36 Å². The molecule has 0 aliphatic heterocycles. The maximum absolute atomic E-state index is 13.3. The van der Waals surface area contributed by atoms with Crippen molar-refractivity contribution in [2.45, 2.75) is 6.36 Å². The normalized spacial score (nSPS) is 11.3. The van der Waals surface area contributed by atoms with Gasteiger partial charge in [0.15, 0.2) is 11.6 Å². The molecule has 0 saturated heterocycles. The van der Waals surface area contributed by atoms with Gasteiger partial charge < -0.3 is 14.6 Å². The minimum Gasteiger partial charge on any atom is -0.508 e. The second kappa shape index (κ2) is 5.51. The Bertz CT molecular complexity index is 653. The number of halogens is 4. The van der Waals surface area contributed by atoms with Gasteiger partial charge in [0, 0.05) is 6.07 Å². The molecule has 0 spiro atoms. The maximum atomic E-state index is 13.3. The minimum absolute atomic E-state index is 0.0610. The lowest BCUT2D eigenvalue weighted by Crippen LogP contribution is -2.17. The largest absolute Gasteiger partial charge is 0.573 e. The Balaban J connectivity index is 2.44. The average molecular weight is 302 g/mol. The summed E-state index contributed by atoms with van der Waals surface area (Å²) in [5.41, 5.74) is 0.601. The molecule has 0 heterocycles. The molecule has 1 N–H and O–H groups in total. The van der Waals surface area contributed by atoms with Crippen LogP contribution in [-0.4, -0.2) is 18.6 Å². The Kier molecular flexibility index (Phi) is 3.93. The SMILES string of the molecule is COc1cc(-c2cc(O)cc(OC(F)(F)F)c2)ccc1F. The van der Waals surface area contributed by atoms with E-state index in [4.69, 9.17) is 4.74 Å². The number of alkyl halides is 3. The van der Waals surface area contributed by atoms with E-state index in [9.17, 15) is 22.7 Å². The van der Waals surface area contributed by atoms with Crippen molar-refractivity contribution in [2.75, 3.05) is 7.11 Å². The van der Waals surface area contributed by atoms with Gasteiger partial charge in [-0.2, -0.15) is 0 Å². The topological polar surface area (TPSA) is 38.7 Å². The number of hydrogen-bond acceptors (Lipinski definition) is 3. The zero-order valence-electron chi connectivity index (χ0n) is 10.7. The van der Waals surface area contributed by atoms with Gasteiger partial charge in [0.05, 0.1) is 7.11 Å². The average Bonchev–Trinajstić information content (AvgIpc) is 2.36. The summed E-state index contributed by atoms with van der Waals surface area (Å²) in [7, 11) is 1.27. The Hall–Kier alpha value is -2.44. The lowest BCUT2D eigenvalue weighted by atomic mass is 10.0. The summed E-state index contributed by atoms with van der Waals surface area (Å²) in [4.78, 5) is 0. The number of hydrogen-bond donors (Lipinski definition) is 1. The Morgan fingerprint density at radius 3 is 2.33 bits per heavy atom. The van der Waals surface area contributed by atoms with E-state index in [1.165, 1.54) is 25.3 Å². The van der Waals surface area contributed by atoms with Crippen molar-refractivity contribution in [1.29, 1.82) is 0 Å². The molecule has 112 valence electrons. The zero-order valence-corrected chi connectivity index (χ0v) is 10.7. The first-order valence-electron chi connectivity index (χ1n) is 5.72. The van der Waals surface area contributed by atoms with Gasteiger partial charge in [-0.3, -0.25) is 0 Å². The van der Waals surface area contributed by atoms with Crippen molar-refractivity contribution < 1.29 is 32.1 Å². The molecule has 0 aromatic heterocycles. The van der Waals surface area contributed by atoms with E-state index in [1.807, 2.05) is 0 Å². The number of rotatable bonds is 3. The van der Waals surface area contributed by atoms with Crippen molar-refractivity contribution in [3.05, 3.63) is 42.2 Å². The summed E-state index contributed by atoms with van der Waals surface area (Å²) in [6.07, 6.45) is -4.87. The third kappa shape index (κ3) is 3.77. The van der Waals surface area contributed by atoms with Crippen LogP contribution in [0.4, 0.5) is 17.6 Å². The summed E-state index contributed by atoms with van der Waals surface area (Å²) in [6.45, 7) is 0. The number of aromatic hydroxyl groups is 1. The van der Waals surface area contributed by atoms with Crippen LogP contribution in [0.3, 0.4) is 0 Å². The fourth-order valence-electron chi connectivity index (χ4n) is 1.78. The van der Waals surface area contributed by atoms with Gasteiger partial charge in [-0.15, -0.1) is 13.2 Å². The highest BCUT2D eigenvalue weighted by atomic mass is 19.4. The summed E-state index contributed by atoms with van der Waals surface area (Å²) in [5.74, 6) is -1.64. The molecule has 21 heavy (non-hydrogen) atoms. The Labute approximate surface area is 117 Å². The molecular formula is C14H10F4O3. The molecule has 0 unspecified atom stereocenters. The number of ether oxygens (including phenoxy) is 2. The molecule has 3 nitrogen and oxygen atoms in total. The van der Waals surface area contributed by atoms with Crippen LogP contribution in [0, 0.1) is 5.82 Å².